The fourth-order valence-corrected chi connectivity index (χ4v) is 10.6. The molecule has 0 aromatic heterocycles. The van der Waals surface area contributed by atoms with E-state index in [1.54, 1.807) is 5.57 Å². The van der Waals surface area contributed by atoms with Crippen LogP contribution in [-0.4, -0.2) is 14.4 Å². The van der Waals surface area contributed by atoms with E-state index in [4.69, 9.17) is 4.43 Å². The molecule has 0 aromatic carbocycles. The normalized spacial score (nSPS) is 42.2. The Labute approximate surface area is 213 Å². The van der Waals surface area contributed by atoms with Crippen molar-refractivity contribution in [2.75, 3.05) is 0 Å². The first-order valence-corrected chi connectivity index (χ1v) is 18.4. The quantitative estimate of drug-likeness (QED) is 0.258. The van der Waals surface area contributed by atoms with Gasteiger partial charge in [0.15, 0.2) is 8.32 Å². The Bertz CT molecular complexity index is 774. The van der Waals surface area contributed by atoms with Crippen LogP contribution >= 0.6 is 0 Å². The fraction of sp³-hybridized carbons (Fsp3) is 0.875. The number of rotatable bonds is 7. The Morgan fingerprint density at radius 2 is 1.74 bits per heavy atom. The second-order valence-corrected chi connectivity index (χ2v) is 19.1. The Balaban J connectivity index is 1.49. The molecule has 3 fully saturated rings. The van der Waals surface area contributed by atoms with Crippen LogP contribution in [0.25, 0.3) is 0 Å². The largest absolute Gasteiger partial charge is 0.414 e. The molecule has 0 radical (unpaired) electrons. The molecule has 0 aliphatic heterocycles. The van der Waals surface area contributed by atoms with Gasteiger partial charge in [-0.05, 0) is 130 Å². The van der Waals surface area contributed by atoms with Gasteiger partial charge in [0.25, 0.3) is 0 Å². The topological polar surface area (TPSA) is 9.23 Å². The lowest BCUT2D eigenvalue weighted by atomic mass is 9.47. The first-order chi connectivity index (χ1) is 15.9. The van der Waals surface area contributed by atoms with Gasteiger partial charge in [-0.25, -0.2) is 0 Å². The molecular weight excluding hydrogens is 428 g/mol. The maximum atomic E-state index is 6.59. The lowest BCUT2D eigenvalue weighted by Crippen LogP contribution is -2.51. The third kappa shape index (κ3) is 4.93. The Kier molecular flexibility index (Phi) is 7.73. The molecule has 4 aliphatic rings. The summed E-state index contributed by atoms with van der Waals surface area (Å²) < 4.78 is 6.59. The average Bonchev–Trinajstić information content (AvgIpc) is 3.10. The van der Waals surface area contributed by atoms with Crippen molar-refractivity contribution < 1.29 is 4.43 Å². The van der Waals surface area contributed by atoms with Crippen LogP contribution < -0.4 is 0 Å². The molecule has 0 saturated heterocycles. The molecule has 0 aromatic rings. The van der Waals surface area contributed by atoms with E-state index in [1.807, 2.05) is 0 Å². The minimum absolute atomic E-state index is 0.443. The lowest BCUT2D eigenvalue weighted by molar-refractivity contribution is -0.0530. The maximum absolute atomic E-state index is 6.59. The predicted octanol–water partition coefficient (Wildman–Crippen LogP) is 9.66. The highest BCUT2D eigenvalue weighted by Gasteiger charge is 2.59. The highest BCUT2D eigenvalue weighted by molar-refractivity contribution is 6.69. The average molecular weight is 485 g/mol. The molecule has 4 aliphatic carbocycles. The van der Waals surface area contributed by atoms with Crippen LogP contribution in [0.5, 0.6) is 0 Å². The Morgan fingerprint density at radius 3 is 2.38 bits per heavy atom. The van der Waals surface area contributed by atoms with Gasteiger partial charge in [-0.3, -0.25) is 0 Å². The second kappa shape index (κ2) is 9.84. The lowest BCUT2D eigenvalue weighted by Gasteiger charge is -2.58. The zero-order chi connectivity index (χ0) is 24.9. The van der Waals surface area contributed by atoms with Crippen LogP contribution in [0.2, 0.25) is 19.6 Å². The SMILES string of the molecule is CCC(/C=C/[C@@H](C)[C@H]1CC[C@H]2[C@@H]3CC=C4C[C@@H](O[Si](C)(C)C)CC[C@]4(C)[C@H]3CC[C@]12C)C(C)C. The highest BCUT2D eigenvalue weighted by Crippen LogP contribution is 2.67. The van der Waals surface area contributed by atoms with E-state index in [0.29, 0.717) is 16.9 Å². The van der Waals surface area contributed by atoms with Gasteiger partial charge < -0.3 is 4.43 Å². The van der Waals surface area contributed by atoms with E-state index in [0.717, 1.165) is 41.4 Å². The number of fused-ring (bicyclic) bond motifs is 5. The standard InChI is InChI=1S/C32H56OSi/c1-10-24(22(2)3)12-11-23(4)28-15-16-29-27-14-13-25-21-26(33-34(7,8)9)17-19-31(25,5)30(27)18-20-32(28,29)6/h11-13,22-24,26-30H,10,14-21H2,1-9H3/b12-11+/t23-,24?,26+,27+,28-,29+,30+,31+,32-/m1/s1. The summed E-state index contributed by atoms with van der Waals surface area (Å²) >= 11 is 0. The smallest absolute Gasteiger partial charge is 0.184 e. The Morgan fingerprint density at radius 1 is 1.00 bits per heavy atom. The summed E-state index contributed by atoms with van der Waals surface area (Å²) in [6.07, 6.45) is 20.7. The van der Waals surface area contributed by atoms with Crippen LogP contribution in [0.1, 0.15) is 99.3 Å². The molecule has 9 atom stereocenters. The highest BCUT2D eigenvalue weighted by atomic mass is 28.4. The molecule has 3 saturated carbocycles. The molecule has 0 amide bonds. The number of hydrogen-bond donors (Lipinski definition) is 0. The van der Waals surface area contributed by atoms with Crippen molar-refractivity contribution in [3.05, 3.63) is 23.8 Å². The summed E-state index contributed by atoms with van der Waals surface area (Å²) in [5.41, 5.74) is 2.76. The van der Waals surface area contributed by atoms with Gasteiger partial charge in [-0.2, -0.15) is 0 Å². The first-order valence-electron chi connectivity index (χ1n) is 14.9. The molecule has 2 heteroatoms. The summed E-state index contributed by atoms with van der Waals surface area (Å²) in [6, 6.07) is 0. The van der Waals surface area contributed by atoms with Gasteiger partial charge in [0.2, 0.25) is 0 Å². The van der Waals surface area contributed by atoms with Crippen LogP contribution in [-0.2, 0) is 4.43 Å². The van der Waals surface area contributed by atoms with Gasteiger partial charge in [-0.15, -0.1) is 0 Å². The Hall–Kier alpha value is -0.343. The second-order valence-electron chi connectivity index (χ2n) is 14.6. The summed E-state index contributed by atoms with van der Waals surface area (Å²) in [5.74, 6) is 5.86. The molecule has 0 bridgehead atoms. The maximum Gasteiger partial charge on any atom is 0.184 e. The van der Waals surface area contributed by atoms with Crippen molar-refractivity contribution in [2.24, 2.45) is 52.3 Å². The summed E-state index contributed by atoms with van der Waals surface area (Å²) in [4.78, 5) is 0. The molecule has 0 heterocycles. The molecule has 1 unspecified atom stereocenters. The monoisotopic (exact) mass is 484 g/mol. The minimum atomic E-state index is -1.46. The van der Waals surface area contributed by atoms with Gasteiger partial charge >= 0.3 is 0 Å². The van der Waals surface area contributed by atoms with Crippen molar-refractivity contribution in [3.63, 3.8) is 0 Å². The van der Waals surface area contributed by atoms with E-state index in [2.05, 4.69) is 79.4 Å². The molecule has 194 valence electrons. The van der Waals surface area contributed by atoms with Crippen molar-refractivity contribution >= 4 is 8.32 Å². The van der Waals surface area contributed by atoms with E-state index in [-0.39, 0.29) is 0 Å². The summed E-state index contributed by atoms with van der Waals surface area (Å²) in [6.45, 7) is 22.1. The van der Waals surface area contributed by atoms with E-state index in [9.17, 15) is 0 Å². The van der Waals surface area contributed by atoms with Gasteiger partial charge in [0, 0.05) is 6.10 Å². The van der Waals surface area contributed by atoms with Crippen molar-refractivity contribution in [1.82, 2.24) is 0 Å². The molecular formula is C32H56OSi. The zero-order valence-electron chi connectivity index (χ0n) is 24.1. The summed E-state index contributed by atoms with van der Waals surface area (Å²) in [5, 5.41) is 0. The third-order valence-corrected chi connectivity index (χ3v) is 12.3. The van der Waals surface area contributed by atoms with Crippen molar-refractivity contribution in [3.8, 4) is 0 Å². The predicted molar refractivity (Wildman–Crippen MR) is 150 cm³/mol. The van der Waals surface area contributed by atoms with Crippen molar-refractivity contribution in [2.45, 2.75) is 125 Å². The third-order valence-electron chi connectivity index (χ3n) is 11.3. The molecule has 1 nitrogen and oxygen atoms in total. The van der Waals surface area contributed by atoms with E-state index < -0.39 is 8.32 Å². The fourth-order valence-electron chi connectivity index (χ4n) is 9.41. The molecule has 34 heavy (non-hydrogen) atoms. The van der Waals surface area contributed by atoms with Crippen LogP contribution in [0.3, 0.4) is 0 Å². The first kappa shape index (κ1) is 26.7. The zero-order valence-corrected chi connectivity index (χ0v) is 25.1. The van der Waals surface area contributed by atoms with Crippen molar-refractivity contribution in [1.29, 1.82) is 0 Å². The molecule has 0 spiro atoms. The molecule has 4 rings (SSSR count). The summed E-state index contributed by atoms with van der Waals surface area (Å²) in [7, 11) is -1.46. The van der Waals surface area contributed by atoms with E-state index >= 15 is 0 Å². The van der Waals surface area contributed by atoms with Crippen LogP contribution in [0.4, 0.5) is 0 Å². The van der Waals surface area contributed by atoms with Gasteiger partial charge in [0.05, 0.1) is 0 Å². The number of hydrogen-bond acceptors (Lipinski definition) is 1. The van der Waals surface area contributed by atoms with Gasteiger partial charge in [0.1, 0.15) is 0 Å². The molecule has 0 N–H and O–H groups in total. The minimum Gasteiger partial charge on any atom is -0.414 e. The number of allylic oxidation sites excluding steroid dienone is 3. The van der Waals surface area contributed by atoms with Crippen LogP contribution in [0.15, 0.2) is 23.8 Å². The van der Waals surface area contributed by atoms with Gasteiger partial charge in [-0.1, -0.05) is 65.3 Å². The van der Waals surface area contributed by atoms with E-state index in [1.165, 1.54) is 57.8 Å². The van der Waals surface area contributed by atoms with Crippen LogP contribution in [0, 0.1) is 52.3 Å².